The number of nitrogens with one attached hydrogen (secondary N) is 1. The average Bonchev–Trinajstić information content (AvgIpc) is 2.09. The molecule has 0 fully saturated rings. The first kappa shape index (κ1) is 10.7. The Morgan fingerprint density at radius 1 is 1.46 bits per heavy atom. The van der Waals surface area contributed by atoms with Gasteiger partial charge in [0.25, 0.3) is 0 Å². The average molecular weight is 246 g/mol. The van der Waals surface area contributed by atoms with Crippen LogP contribution < -0.4 is 5.32 Å². The van der Waals surface area contributed by atoms with Crippen molar-refractivity contribution in [1.82, 2.24) is 5.32 Å². The molecule has 1 nitrogen and oxygen atoms in total. The molecule has 13 heavy (non-hydrogen) atoms. The minimum atomic E-state index is -0.154. The zero-order valence-electron chi connectivity index (χ0n) is 7.82. The second-order valence-corrected chi connectivity index (χ2v) is 3.83. The van der Waals surface area contributed by atoms with Crippen LogP contribution in [0.25, 0.3) is 0 Å². The van der Waals surface area contributed by atoms with E-state index in [0.717, 1.165) is 22.1 Å². The van der Waals surface area contributed by atoms with Gasteiger partial charge in [0.05, 0.1) is 0 Å². The predicted molar refractivity (Wildman–Crippen MR) is 56.2 cm³/mol. The lowest BCUT2D eigenvalue weighted by Gasteiger charge is -2.06. The van der Waals surface area contributed by atoms with Gasteiger partial charge in [-0.1, -0.05) is 28.9 Å². The maximum Gasteiger partial charge on any atom is 0.128 e. The SMILES string of the molecule is CCNCc1cc(C)c(Br)cc1F. The lowest BCUT2D eigenvalue weighted by molar-refractivity contribution is 0.592. The van der Waals surface area contributed by atoms with Crippen molar-refractivity contribution >= 4 is 15.9 Å². The molecule has 1 aromatic carbocycles. The van der Waals surface area contributed by atoms with Gasteiger partial charge in [0.2, 0.25) is 0 Å². The zero-order valence-corrected chi connectivity index (χ0v) is 9.41. The standard InChI is InChI=1S/C10H13BrFN/c1-3-13-6-8-4-7(2)9(11)5-10(8)12/h4-5,13H,3,6H2,1-2H3. The zero-order chi connectivity index (χ0) is 9.84. The Kier molecular flexibility index (Phi) is 3.88. The van der Waals surface area contributed by atoms with Gasteiger partial charge < -0.3 is 5.32 Å². The molecule has 1 rings (SSSR count). The van der Waals surface area contributed by atoms with Gasteiger partial charge in [-0.15, -0.1) is 0 Å². The minimum Gasteiger partial charge on any atom is -0.313 e. The second kappa shape index (κ2) is 4.72. The molecule has 0 atom stereocenters. The summed E-state index contributed by atoms with van der Waals surface area (Å²) in [7, 11) is 0. The van der Waals surface area contributed by atoms with Gasteiger partial charge in [0, 0.05) is 16.6 Å². The molecule has 0 radical (unpaired) electrons. The van der Waals surface area contributed by atoms with Gasteiger partial charge in [-0.3, -0.25) is 0 Å². The van der Waals surface area contributed by atoms with Crippen LogP contribution in [0.4, 0.5) is 4.39 Å². The van der Waals surface area contributed by atoms with Gasteiger partial charge in [-0.2, -0.15) is 0 Å². The van der Waals surface area contributed by atoms with Crippen LogP contribution in [-0.2, 0) is 6.54 Å². The molecule has 0 amide bonds. The van der Waals surface area contributed by atoms with Crippen LogP contribution in [0.3, 0.4) is 0 Å². The van der Waals surface area contributed by atoms with E-state index in [2.05, 4.69) is 21.2 Å². The summed E-state index contributed by atoms with van der Waals surface area (Å²) in [5.74, 6) is -0.154. The van der Waals surface area contributed by atoms with Crippen molar-refractivity contribution in [3.05, 3.63) is 33.5 Å². The first-order valence-electron chi connectivity index (χ1n) is 4.30. The summed E-state index contributed by atoms with van der Waals surface area (Å²) in [5, 5.41) is 3.10. The first-order valence-corrected chi connectivity index (χ1v) is 5.09. The molecule has 0 spiro atoms. The maximum absolute atomic E-state index is 13.3. The van der Waals surface area contributed by atoms with Crippen LogP contribution in [0.5, 0.6) is 0 Å². The van der Waals surface area contributed by atoms with Crippen LogP contribution in [0.1, 0.15) is 18.1 Å². The predicted octanol–water partition coefficient (Wildman–Crippen LogP) is 3.01. The van der Waals surface area contributed by atoms with E-state index < -0.39 is 0 Å². The van der Waals surface area contributed by atoms with Crippen LogP contribution in [0.2, 0.25) is 0 Å². The molecular formula is C10H13BrFN. The first-order chi connectivity index (χ1) is 6.15. The van der Waals surface area contributed by atoms with Crippen molar-refractivity contribution in [2.45, 2.75) is 20.4 Å². The molecule has 0 unspecified atom stereocenters. The van der Waals surface area contributed by atoms with Gasteiger partial charge in [0.1, 0.15) is 5.82 Å². The molecule has 0 heterocycles. The summed E-state index contributed by atoms with van der Waals surface area (Å²) >= 11 is 3.29. The monoisotopic (exact) mass is 245 g/mol. The molecule has 0 aromatic heterocycles. The highest BCUT2D eigenvalue weighted by Gasteiger charge is 2.04. The molecule has 0 aliphatic heterocycles. The highest BCUT2D eigenvalue weighted by molar-refractivity contribution is 9.10. The van der Waals surface area contributed by atoms with Crippen molar-refractivity contribution < 1.29 is 4.39 Å². The third-order valence-electron chi connectivity index (χ3n) is 1.89. The highest BCUT2D eigenvalue weighted by atomic mass is 79.9. The normalized spacial score (nSPS) is 10.5. The number of halogens is 2. The smallest absolute Gasteiger partial charge is 0.128 e. The highest BCUT2D eigenvalue weighted by Crippen LogP contribution is 2.20. The molecule has 1 aromatic rings. The summed E-state index contributed by atoms with van der Waals surface area (Å²) in [6.45, 7) is 5.41. The van der Waals surface area contributed by atoms with Gasteiger partial charge in [-0.05, 0) is 25.1 Å². The summed E-state index contributed by atoms with van der Waals surface area (Å²) in [5.41, 5.74) is 1.79. The quantitative estimate of drug-likeness (QED) is 0.864. The molecule has 0 bridgehead atoms. The molecular weight excluding hydrogens is 233 g/mol. The number of rotatable bonds is 3. The van der Waals surface area contributed by atoms with Crippen LogP contribution in [0, 0.1) is 12.7 Å². The fraction of sp³-hybridized carbons (Fsp3) is 0.400. The van der Waals surface area contributed by atoms with E-state index in [1.54, 1.807) is 0 Å². The Hall–Kier alpha value is -0.410. The van der Waals surface area contributed by atoms with Crippen LogP contribution in [-0.4, -0.2) is 6.54 Å². The Balaban J connectivity index is 2.88. The van der Waals surface area contributed by atoms with E-state index in [1.165, 1.54) is 6.07 Å². The number of benzene rings is 1. The second-order valence-electron chi connectivity index (χ2n) is 2.97. The van der Waals surface area contributed by atoms with E-state index in [9.17, 15) is 4.39 Å². The van der Waals surface area contributed by atoms with E-state index >= 15 is 0 Å². The van der Waals surface area contributed by atoms with Crippen LogP contribution >= 0.6 is 15.9 Å². The lowest BCUT2D eigenvalue weighted by atomic mass is 10.1. The Bertz CT molecular complexity index is 299. The Morgan fingerprint density at radius 2 is 2.15 bits per heavy atom. The van der Waals surface area contributed by atoms with E-state index in [4.69, 9.17) is 0 Å². The minimum absolute atomic E-state index is 0.154. The summed E-state index contributed by atoms with van der Waals surface area (Å²) in [4.78, 5) is 0. The topological polar surface area (TPSA) is 12.0 Å². The number of aryl methyl sites for hydroxylation is 1. The van der Waals surface area contributed by atoms with Gasteiger partial charge >= 0.3 is 0 Å². The summed E-state index contributed by atoms with van der Waals surface area (Å²) in [6, 6.07) is 3.38. The van der Waals surface area contributed by atoms with Crippen LogP contribution in [0.15, 0.2) is 16.6 Å². The van der Waals surface area contributed by atoms with Crippen molar-refractivity contribution in [2.75, 3.05) is 6.54 Å². The fourth-order valence-corrected chi connectivity index (χ4v) is 1.43. The fourth-order valence-electron chi connectivity index (χ4n) is 1.11. The molecule has 0 saturated carbocycles. The maximum atomic E-state index is 13.3. The third kappa shape index (κ3) is 2.78. The van der Waals surface area contributed by atoms with Crippen molar-refractivity contribution in [3.8, 4) is 0 Å². The summed E-state index contributed by atoms with van der Waals surface area (Å²) in [6.07, 6.45) is 0. The van der Waals surface area contributed by atoms with Gasteiger partial charge in [-0.25, -0.2) is 4.39 Å². The van der Waals surface area contributed by atoms with Crippen molar-refractivity contribution in [2.24, 2.45) is 0 Å². The Morgan fingerprint density at radius 3 is 2.77 bits per heavy atom. The molecule has 0 saturated heterocycles. The molecule has 3 heteroatoms. The molecule has 72 valence electrons. The number of hydrogen-bond acceptors (Lipinski definition) is 1. The summed E-state index contributed by atoms with van der Waals surface area (Å²) < 4.78 is 14.1. The lowest BCUT2D eigenvalue weighted by Crippen LogP contribution is -2.13. The van der Waals surface area contributed by atoms with E-state index in [-0.39, 0.29) is 5.82 Å². The largest absolute Gasteiger partial charge is 0.313 e. The van der Waals surface area contributed by atoms with Crippen molar-refractivity contribution in [1.29, 1.82) is 0 Å². The molecule has 0 aliphatic carbocycles. The van der Waals surface area contributed by atoms with Crippen molar-refractivity contribution in [3.63, 3.8) is 0 Å². The van der Waals surface area contributed by atoms with E-state index in [1.807, 2.05) is 19.9 Å². The Labute approximate surface area is 86.5 Å². The molecule has 0 aliphatic rings. The third-order valence-corrected chi connectivity index (χ3v) is 2.75. The van der Waals surface area contributed by atoms with Gasteiger partial charge in [0.15, 0.2) is 0 Å². The molecule has 1 N–H and O–H groups in total. The van der Waals surface area contributed by atoms with E-state index in [0.29, 0.717) is 6.54 Å². The number of hydrogen-bond donors (Lipinski definition) is 1.